The number of amides is 1. The second-order valence-electron chi connectivity index (χ2n) is 3.81. The van der Waals surface area contributed by atoms with Gasteiger partial charge in [0.1, 0.15) is 0 Å². The van der Waals surface area contributed by atoms with Crippen molar-refractivity contribution in [2.24, 2.45) is 0 Å². The van der Waals surface area contributed by atoms with E-state index in [0.717, 1.165) is 18.2 Å². The largest absolute Gasteiger partial charge is 0.319 e. The van der Waals surface area contributed by atoms with Crippen LogP contribution in [0.2, 0.25) is 0 Å². The number of anilines is 1. The predicted octanol–water partition coefficient (Wildman–Crippen LogP) is 3.63. The van der Waals surface area contributed by atoms with E-state index < -0.39 is 46.2 Å². The van der Waals surface area contributed by atoms with Crippen LogP contribution in [0.15, 0.2) is 30.3 Å². The fourth-order valence-corrected chi connectivity index (χ4v) is 1.48. The molecule has 0 saturated carbocycles. The van der Waals surface area contributed by atoms with E-state index in [4.69, 9.17) is 0 Å². The molecule has 0 fully saturated rings. The molecule has 0 aliphatic carbocycles. The molecule has 0 aliphatic heterocycles. The molecule has 1 N–H and O–H groups in total. The summed E-state index contributed by atoms with van der Waals surface area (Å²) in [7, 11) is 0. The Balaban J connectivity index is 2.31. The Morgan fingerprint density at radius 1 is 0.850 bits per heavy atom. The maximum Gasteiger partial charge on any atom is 0.255 e. The van der Waals surface area contributed by atoms with Crippen molar-refractivity contribution in [3.8, 4) is 0 Å². The van der Waals surface area contributed by atoms with Crippen molar-refractivity contribution in [1.29, 1.82) is 0 Å². The standard InChI is InChI=1S/C13H6F5NO/c14-7-2-1-3-10(12(7)18)19-13(20)6-4-8(15)11(17)9(16)5-6/h1-5H,(H,19,20). The first-order valence-corrected chi connectivity index (χ1v) is 5.30. The number of hydrogen-bond donors (Lipinski definition) is 1. The second kappa shape index (κ2) is 5.28. The monoisotopic (exact) mass is 287 g/mol. The molecule has 104 valence electrons. The lowest BCUT2D eigenvalue weighted by Gasteiger charge is -2.07. The van der Waals surface area contributed by atoms with E-state index in [-0.39, 0.29) is 0 Å². The number of benzene rings is 2. The minimum atomic E-state index is -1.72. The Kier molecular flexibility index (Phi) is 3.69. The van der Waals surface area contributed by atoms with Gasteiger partial charge in [0.25, 0.3) is 5.91 Å². The molecule has 20 heavy (non-hydrogen) atoms. The van der Waals surface area contributed by atoms with Crippen molar-refractivity contribution in [1.82, 2.24) is 0 Å². The molecule has 1 amide bonds. The quantitative estimate of drug-likeness (QED) is 0.663. The minimum absolute atomic E-state index is 0.449. The highest BCUT2D eigenvalue weighted by Gasteiger charge is 2.17. The molecule has 0 spiro atoms. The third-order valence-electron chi connectivity index (χ3n) is 2.45. The summed E-state index contributed by atoms with van der Waals surface area (Å²) in [4.78, 5) is 11.6. The lowest BCUT2D eigenvalue weighted by Crippen LogP contribution is -2.14. The van der Waals surface area contributed by atoms with E-state index in [1.807, 2.05) is 5.32 Å². The first-order chi connectivity index (χ1) is 9.40. The summed E-state index contributed by atoms with van der Waals surface area (Å²) in [5.74, 6) is -8.46. The smallest absolute Gasteiger partial charge is 0.255 e. The van der Waals surface area contributed by atoms with Gasteiger partial charge in [-0.15, -0.1) is 0 Å². The summed E-state index contributed by atoms with van der Waals surface area (Å²) in [5.41, 5.74) is -1.06. The number of halogens is 5. The molecular weight excluding hydrogens is 281 g/mol. The van der Waals surface area contributed by atoms with Gasteiger partial charge in [-0.2, -0.15) is 0 Å². The van der Waals surface area contributed by atoms with Crippen LogP contribution in [0.1, 0.15) is 10.4 Å². The summed E-state index contributed by atoms with van der Waals surface area (Å²) in [6.07, 6.45) is 0. The molecular formula is C13H6F5NO. The molecule has 0 heterocycles. The third-order valence-corrected chi connectivity index (χ3v) is 2.45. The molecule has 2 aromatic rings. The van der Waals surface area contributed by atoms with Crippen LogP contribution in [0.4, 0.5) is 27.6 Å². The Labute approximate surface area is 109 Å². The summed E-state index contributed by atoms with van der Waals surface area (Å²) in [6.45, 7) is 0. The fraction of sp³-hybridized carbons (Fsp3) is 0. The van der Waals surface area contributed by atoms with Crippen molar-refractivity contribution >= 4 is 11.6 Å². The molecule has 0 unspecified atom stereocenters. The predicted molar refractivity (Wildman–Crippen MR) is 60.6 cm³/mol. The van der Waals surface area contributed by atoms with Crippen LogP contribution in [0.3, 0.4) is 0 Å². The molecule has 0 radical (unpaired) electrons. The van der Waals surface area contributed by atoms with E-state index in [1.54, 1.807) is 0 Å². The Morgan fingerprint density at radius 2 is 1.45 bits per heavy atom. The van der Waals surface area contributed by atoms with E-state index in [9.17, 15) is 26.7 Å². The summed E-state index contributed by atoms with van der Waals surface area (Å²) in [5, 5.41) is 1.93. The molecule has 0 atom stereocenters. The van der Waals surface area contributed by atoms with Crippen LogP contribution in [0.25, 0.3) is 0 Å². The highest BCUT2D eigenvalue weighted by atomic mass is 19.2. The van der Waals surface area contributed by atoms with Crippen LogP contribution < -0.4 is 5.32 Å². The van der Waals surface area contributed by atoms with Crippen LogP contribution in [0, 0.1) is 29.1 Å². The summed E-state index contributed by atoms with van der Waals surface area (Å²) in [6, 6.07) is 3.94. The van der Waals surface area contributed by atoms with Crippen LogP contribution in [-0.2, 0) is 0 Å². The zero-order chi connectivity index (χ0) is 14.9. The van der Waals surface area contributed by atoms with Gasteiger partial charge in [-0.1, -0.05) is 6.07 Å². The van der Waals surface area contributed by atoms with Crippen molar-refractivity contribution in [2.75, 3.05) is 5.32 Å². The van der Waals surface area contributed by atoms with Gasteiger partial charge in [0.2, 0.25) is 0 Å². The van der Waals surface area contributed by atoms with E-state index in [1.165, 1.54) is 0 Å². The molecule has 2 rings (SSSR count). The zero-order valence-corrected chi connectivity index (χ0v) is 9.68. The van der Waals surface area contributed by atoms with Gasteiger partial charge in [0.05, 0.1) is 5.69 Å². The second-order valence-corrected chi connectivity index (χ2v) is 3.81. The SMILES string of the molecule is O=C(Nc1cccc(F)c1F)c1cc(F)c(F)c(F)c1. The molecule has 0 bridgehead atoms. The number of hydrogen-bond acceptors (Lipinski definition) is 1. The third kappa shape index (κ3) is 2.61. The molecule has 0 aromatic heterocycles. The highest BCUT2D eigenvalue weighted by molar-refractivity contribution is 6.04. The summed E-state index contributed by atoms with van der Waals surface area (Å²) >= 11 is 0. The van der Waals surface area contributed by atoms with E-state index >= 15 is 0 Å². The lowest BCUT2D eigenvalue weighted by atomic mass is 10.2. The maximum absolute atomic E-state index is 13.3. The highest BCUT2D eigenvalue weighted by Crippen LogP contribution is 2.19. The fourth-order valence-electron chi connectivity index (χ4n) is 1.48. The van der Waals surface area contributed by atoms with Crippen molar-refractivity contribution in [3.05, 3.63) is 65.0 Å². The van der Waals surface area contributed by atoms with Gasteiger partial charge >= 0.3 is 0 Å². The van der Waals surface area contributed by atoms with Crippen LogP contribution in [-0.4, -0.2) is 5.91 Å². The topological polar surface area (TPSA) is 29.1 Å². The number of carbonyl (C=O) groups is 1. The Hall–Kier alpha value is -2.44. The van der Waals surface area contributed by atoms with Crippen LogP contribution in [0.5, 0.6) is 0 Å². The van der Waals surface area contributed by atoms with Gasteiger partial charge < -0.3 is 5.32 Å². The Morgan fingerprint density at radius 3 is 2.05 bits per heavy atom. The van der Waals surface area contributed by atoms with E-state index in [2.05, 4.69) is 0 Å². The molecule has 0 aliphatic rings. The van der Waals surface area contributed by atoms with Crippen LogP contribution >= 0.6 is 0 Å². The van der Waals surface area contributed by atoms with Crippen molar-refractivity contribution < 1.29 is 26.7 Å². The van der Waals surface area contributed by atoms with Crippen molar-refractivity contribution in [2.45, 2.75) is 0 Å². The molecule has 0 saturated heterocycles. The Bertz CT molecular complexity index is 663. The van der Waals surface area contributed by atoms with Gasteiger partial charge in [0, 0.05) is 5.56 Å². The van der Waals surface area contributed by atoms with Gasteiger partial charge in [-0.3, -0.25) is 4.79 Å². The molecule has 7 heteroatoms. The average Bonchev–Trinajstić information content (AvgIpc) is 2.40. The first-order valence-electron chi connectivity index (χ1n) is 5.30. The molecule has 2 nitrogen and oxygen atoms in total. The summed E-state index contributed by atoms with van der Waals surface area (Å²) < 4.78 is 64.9. The number of rotatable bonds is 2. The van der Waals surface area contributed by atoms with E-state index in [0.29, 0.717) is 12.1 Å². The average molecular weight is 287 g/mol. The van der Waals surface area contributed by atoms with Gasteiger partial charge in [-0.05, 0) is 24.3 Å². The van der Waals surface area contributed by atoms with Gasteiger partial charge in [0.15, 0.2) is 29.1 Å². The van der Waals surface area contributed by atoms with Gasteiger partial charge in [-0.25, -0.2) is 22.0 Å². The maximum atomic E-state index is 13.3. The normalized spacial score (nSPS) is 10.4. The lowest BCUT2D eigenvalue weighted by molar-refractivity contribution is 0.102. The number of carbonyl (C=O) groups excluding carboxylic acids is 1. The first kappa shape index (κ1) is 14.0. The minimum Gasteiger partial charge on any atom is -0.319 e. The zero-order valence-electron chi connectivity index (χ0n) is 9.68. The molecule has 2 aromatic carbocycles. The number of nitrogens with one attached hydrogen (secondary N) is 1. The van der Waals surface area contributed by atoms with Crippen molar-refractivity contribution in [3.63, 3.8) is 0 Å².